The molecule has 0 amide bonds. The van der Waals surface area contributed by atoms with Crippen LogP contribution in [0.25, 0.3) is 93.7 Å². The van der Waals surface area contributed by atoms with E-state index in [4.69, 9.17) is 9.97 Å². The first-order valence-corrected chi connectivity index (χ1v) is 22.4. The summed E-state index contributed by atoms with van der Waals surface area (Å²) in [6, 6.07) is 79.1. The van der Waals surface area contributed by atoms with Gasteiger partial charge in [-0.15, -0.1) is 0 Å². The van der Waals surface area contributed by atoms with Gasteiger partial charge in [0.2, 0.25) is 5.95 Å². The molecule has 4 heteroatoms. The van der Waals surface area contributed by atoms with Gasteiger partial charge in [0.25, 0.3) is 0 Å². The van der Waals surface area contributed by atoms with E-state index in [1.165, 1.54) is 71.5 Å². The fourth-order valence-electron chi connectivity index (χ4n) is 10.6. The van der Waals surface area contributed by atoms with Gasteiger partial charge in [0.05, 0.1) is 33.6 Å². The second-order valence-electron chi connectivity index (χ2n) is 17.8. The van der Waals surface area contributed by atoms with Gasteiger partial charge in [0.1, 0.15) is 0 Å². The number of rotatable bonds is 5. The molecule has 4 nitrogen and oxygen atoms in total. The summed E-state index contributed by atoms with van der Waals surface area (Å²) in [5.74, 6) is 0.644. The summed E-state index contributed by atoms with van der Waals surface area (Å²) >= 11 is 0. The zero-order valence-corrected chi connectivity index (χ0v) is 36.1. The van der Waals surface area contributed by atoms with Gasteiger partial charge in [-0.05, 0) is 103 Å². The molecule has 0 bridgehead atoms. The number of hydrogen-bond acceptors (Lipinski definition) is 3. The summed E-state index contributed by atoms with van der Waals surface area (Å²) in [6.45, 7) is 4.71. The van der Waals surface area contributed by atoms with E-state index in [2.05, 4.69) is 242 Å². The zero-order chi connectivity index (χ0) is 43.2. The smallest absolute Gasteiger partial charge is 0.235 e. The molecule has 1 aliphatic rings. The lowest BCUT2D eigenvalue weighted by molar-refractivity contribution is 0.632. The Balaban J connectivity index is 1.01. The van der Waals surface area contributed by atoms with E-state index in [1.54, 1.807) is 0 Å². The molecule has 12 aromatic rings. The predicted octanol–water partition coefficient (Wildman–Crippen LogP) is 16.1. The molecule has 0 unspecified atom stereocenters. The zero-order valence-electron chi connectivity index (χ0n) is 36.1. The normalized spacial score (nSPS) is 13.2. The number of aromatic nitrogens is 3. The summed E-state index contributed by atoms with van der Waals surface area (Å²) in [5.41, 5.74) is 15.6. The monoisotopic (exact) mass is 830 g/mol. The number of fused-ring (bicyclic) bond motifs is 9. The minimum Gasteiger partial charge on any atom is -0.310 e. The SMILES string of the molecule is CC1(C)c2ccccc2N(c2ccccc2)c2ccc(-c3ccc4c5c6ccccc6ccc5n(-c5nc(-c6ccc(-c7cccc8ccccc78)cc6)c6ccccc6n5)c4c3)cc21. The molecule has 0 atom stereocenters. The molecule has 0 fully saturated rings. The van der Waals surface area contributed by atoms with Crippen molar-refractivity contribution in [2.45, 2.75) is 19.3 Å². The molecule has 13 rings (SSSR count). The third-order valence-electron chi connectivity index (χ3n) is 13.8. The molecule has 0 spiro atoms. The summed E-state index contributed by atoms with van der Waals surface area (Å²) in [6.07, 6.45) is 0. The molecular formula is C61H42N4. The van der Waals surface area contributed by atoms with Gasteiger partial charge in [0.15, 0.2) is 0 Å². The van der Waals surface area contributed by atoms with Crippen LogP contribution in [0, 0.1) is 0 Å². The Morgan fingerprint density at radius 1 is 0.400 bits per heavy atom. The first-order chi connectivity index (χ1) is 32.0. The Labute approximate surface area is 377 Å². The van der Waals surface area contributed by atoms with E-state index in [0.717, 1.165) is 44.4 Å². The van der Waals surface area contributed by atoms with Crippen molar-refractivity contribution in [2.24, 2.45) is 0 Å². The molecule has 3 heterocycles. The van der Waals surface area contributed by atoms with Crippen molar-refractivity contribution in [1.82, 2.24) is 14.5 Å². The molecule has 1 aliphatic heterocycles. The quantitative estimate of drug-likeness (QED) is 0.173. The Morgan fingerprint density at radius 3 is 1.88 bits per heavy atom. The topological polar surface area (TPSA) is 34.0 Å². The van der Waals surface area contributed by atoms with Crippen LogP contribution in [0.3, 0.4) is 0 Å². The van der Waals surface area contributed by atoms with Gasteiger partial charge in [-0.25, -0.2) is 9.97 Å². The Morgan fingerprint density at radius 2 is 1.03 bits per heavy atom. The number of benzene rings is 10. The third kappa shape index (κ3) is 5.77. The molecule has 306 valence electrons. The molecule has 0 N–H and O–H groups in total. The standard InChI is InChI=1S/C61H42N4/c1-61(2)51-24-11-13-26-54(51)64(45-18-4-3-5-19-45)55-35-33-43(37-52(55)61)44-31-34-50-57(38-44)65(56-36-32-40-16-7-9-21-48(40)58(50)56)60-62-53-25-12-10-22-49(53)59(63-60)42-29-27-41(28-30-42)47-23-14-17-39-15-6-8-20-46(39)47/h3-38H,1-2H3. The average Bonchev–Trinajstić information content (AvgIpc) is 3.70. The van der Waals surface area contributed by atoms with Crippen LogP contribution in [-0.2, 0) is 5.41 Å². The first-order valence-electron chi connectivity index (χ1n) is 22.4. The lowest BCUT2D eigenvalue weighted by Gasteiger charge is -2.42. The maximum absolute atomic E-state index is 5.53. The highest BCUT2D eigenvalue weighted by atomic mass is 15.2. The van der Waals surface area contributed by atoms with Crippen LogP contribution in [0.1, 0.15) is 25.0 Å². The van der Waals surface area contributed by atoms with Gasteiger partial charge >= 0.3 is 0 Å². The van der Waals surface area contributed by atoms with E-state index >= 15 is 0 Å². The Hall–Kier alpha value is -8.34. The minimum atomic E-state index is -0.229. The maximum atomic E-state index is 5.53. The number of nitrogens with zero attached hydrogens (tertiary/aromatic N) is 4. The predicted molar refractivity (Wildman–Crippen MR) is 272 cm³/mol. The minimum absolute atomic E-state index is 0.229. The summed E-state index contributed by atoms with van der Waals surface area (Å²) in [4.78, 5) is 13.3. The van der Waals surface area contributed by atoms with E-state index < -0.39 is 0 Å². The van der Waals surface area contributed by atoms with Gasteiger partial charge < -0.3 is 4.90 Å². The van der Waals surface area contributed by atoms with Crippen LogP contribution in [0.4, 0.5) is 17.1 Å². The fraction of sp³-hybridized carbons (Fsp3) is 0.0492. The van der Waals surface area contributed by atoms with Crippen molar-refractivity contribution < 1.29 is 0 Å². The molecule has 65 heavy (non-hydrogen) atoms. The average molecular weight is 831 g/mol. The number of hydrogen-bond donors (Lipinski definition) is 0. The van der Waals surface area contributed by atoms with Crippen LogP contribution < -0.4 is 4.90 Å². The van der Waals surface area contributed by atoms with Gasteiger partial charge in [0, 0.05) is 32.8 Å². The highest BCUT2D eigenvalue weighted by Gasteiger charge is 2.37. The summed E-state index contributed by atoms with van der Waals surface area (Å²) in [5, 5.41) is 8.28. The lowest BCUT2D eigenvalue weighted by atomic mass is 9.73. The molecule has 10 aromatic carbocycles. The van der Waals surface area contributed by atoms with Crippen molar-refractivity contribution in [2.75, 3.05) is 4.90 Å². The molecule has 0 saturated heterocycles. The van der Waals surface area contributed by atoms with Crippen molar-refractivity contribution in [3.05, 3.63) is 230 Å². The lowest BCUT2D eigenvalue weighted by Crippen LogP contribution is -2.30. The van der Waals surface area contributed by atoms with Crippen LogP contribution >= 0.6 is 0 Å². The van der Waals surface area contributed by atoms with E-state index in [0.29, 0.717) is 5.95 Å². The summed E-state index contributed by atoms with van der Waals surface area (Å²) in [7, 11) is 0. The van der Waals surface area contributed by atoms with Crippen LogP contribution in [0.2, 0.25) is 0 Å². The molecule has 0 saturated carbocycles. The van der Waals surface area contributed by atoms with Crippen LogP contribution in [0.15, 0.2) is 218 Å². The summed E-state index contributed by atoms with van der Waals surface area (Å²) < 4.78 is 2.29. The first kappa shape index (κ1) is 37.2. The Bertz CT molecular complexity index is 3860. The number of para-hydroxylation sites is 3. The van der Waals surface area contributed by atoms with Crippen LogP contribution in [0.5, 0.6) is 0 Å². The van der Waals surface area contributed by atoms with E-state index in [1.807, 2.05) is 0 Å². The van der Waals surface area contributed by atoms with Crippen molar-refractivity contribution in [3.8, 4) is 39.5 Å². The van der Waals surface area contributed by atoms with Crippen molar-refractivity contribution in [3.63, 3.8) is 0 Å². The maximum Gasteiger partial charge on any atom is 0.235 e. The second kappa shape index (κ2) is 14.3. The van der Waals surface area contributed by atoms with E-state index in [9.17, 15) is 0 Å². The Kier molecular flexibility index (Phi) is 8.22. The fourth-order valence-corrected chi connectivity index (χ4v) is 10.6. The van der Waals surface area contributed by atoms with Crippen molar-refractivity contribution in [1.29, 1.82) is 0 Å². The molecule has 0 aliphatic carbocycles. The van der Waals surface area contributed by atoms with Crippen molar-refractivity contribution >= 4 is 71.3 Å². The molecule has 0 radical (unpaired) electrons. The highest BCUT2D eigenvalue weighted by molar-refractivity contribution is 6.21. The largest absolute Gasteiger partial charge is 0.310 e. The number of anilines is 3. The van der Waals surface area contributed by atoms with Gasteiger partial charge in [-0.1, -0.05) is 184 Å². The molecule has 2 aromatic heterocycles. The second-order valence-corrected chi connectivity index (χ2v) is 17.8. The third-order valence-corrected chi connectivity index (χ3v) is 13.8. The van der Waals surface area contributed by atoms with Gasteiger partial charge in [-0.3, -0.25) is 4.57 Å². The highest BCUT2D eigenvalue weighted by Crippen LogP contribution is 2.53. The van der Waals surface area contributed by atoms with E-state index in [-0.39, 0.29) is 5.41 Å². The molecular weight excluding hydrogens is 789 g/mol. The van der Waals surface area contributed by atoms with Crippen LogP contribution in [-0.4, -0.2) is 14.5 Å². The van der Waals surface area contributed by atoms with Gasteiger partial charge in [-0.2, -0.15) is 0 Å².